The first-order chi connectivity index (χ1) is 26.9. The molecule has 0 aromatic heterocycles. The summed E-state index contributed by atoms with van der Waals surface area (Å²) in [6, 6.07) is 3.51. The van der Waals surface area contributed by atoms with Crippen LogP contribution in [0.5, 0.6) is 17.2 Å². The van der Waals surface area contributed by atoms with Gasteiger partial charge in [0.05, 0.1) is 58.9 Å². The van der Waals surface area contributed by atoms with E-state index in [4.69, 9.17) is 28.4 Å². The highest BCUT2D eigenvalue weighted by Gasteiger charge is 2.53. The standard InChI is InChI=1S/C40H53NO16/c1-7-40(51)14-23(45)28-31(36(50)29-30(35(28)49)34(48)27-18(33(29)47)9-8-10-20(27)42)39(40)57-24-11-19(41(5)6)37(16(3)53-24)55-26-13-22(44)38(17(4)54-26)56-25-12-21(43)32(46)15(2)52-25/h8-10,15-17,19,21-26,32,37-39,42-46,49-51H,7,11-14H2,1-6H3/t15-,16-,17-,19-,21-,22-,23-,24-,25-,26-,32+,37+,38+,39+,40+/m0/s1. The molecule has 17 heteroatoms. The van der Waals surface area contributed by atoms with Gasteiger partial charge in [-0.15, -0.1) is 0 Å². The van der Waals surface area contributed by atoms with Crippen molar-refractivity contribution in [2.75, 3.05) is 14.1 Å². The molecule has 0 saturated carbocycles. The number of carbonyl (C=O) groups excluding carboxylic acids is 2. The minimum Gasteiger partial charge on any atom is -0.507 e. The van der Waals surface area contributed by atoms with Crippen LogP contribution in [0.4, 0.5) is 0 Å². The summed E-state index contributed by atoms with van der Waals surface area (Å²) in [5.41, 5.74) is -4.03. The summed E-state index contributed by atoms with van der Waals surface area (Å²) in [5, 5.41) is 88.6. The molecule has 314 valence electrons. The number of phenolic OH excluding ortho intramolecular Hbond substituents is 3. The van der Waals surface area contributed by atoms with Crippen LogP contribution in [0.3, 0.4) is 0 Å². The van der Waals surface area contributed by atoms with Crippen LogP contribution < -0.4 is 0 Å². The molecule has 17 nitrogen and oxygen atoms in total. The van der Waals surface area contributed by atoms with E-state index >= 15 is 0 Å². The number of ether oxygens (including phenoxy) is 6. The molecule has 8 N–H and O–H groups in total. The number of likely N-dealkylation sites (N-methyl/N-ethyl adjacent to an activating group) is 1. The molecule has 2 aromatic rings. The Kier molecular flexibility index (Phi) is 11.5. The second kappa shape index (κ2) is 15.7. The summed E-state index contributed by atoms with van der Waals surface area (Å²) in [5.74, 6) is -3.77. The first kappa shape index (κ1) is 41.8. The second-order valence-corrected chi connectivity index (χ2v) is 16.2. The molecule has 3 aliphatic heterocycles. The van der Waals surface area contributed by atoms with E-state index in [0.29, 0.717) is 0 Å². The minimum absolute atomic E-state index is 0.0127. The van der Waals surface area contributed by atoms with E-state index in [1.165, 1.54) is 18.2 Å². The number of benzene rings is 2. The number of aliphatic hydroxyl groups excluding tert-OH is 4. The lowest BCUT2D eigenvalue weighted by atomic mass is 9.70. The summed E-state index contributed by atoms with van der Waals surface area (Å²) < 4.78 is 37.2. The van der Waals surface area contributed by atoms with Crippen molar-refractivity contribution in [2.24, 2.45) is 0 Å². The van der Waals surface area contributed by atoms with Gasteiger partial charge in [-0.25, -0.2) is 0 Å². The van der Waals surface area contributed by atoms with Gasteiger partial charge in [0.1, 0.15) is 41.7 Å². The molecular weight excluding hydrogens is 750 g/mol. The van der Waals surface area contributed by atoms with Crippen molar-refractivity contribution in [2.45, 2.75) is 151 Å². The van der Waals surface area contributed by atoms with E-state index in [2.05, 4.69) is 0 Å². The van der Waals surface area contributed by atoms with Crippen LogP contribution >= 0.6 is 0 Å². The normalized spacial score (nSPS) is 39.4. The van der Waals surface area contributed by atoms with E-state index in [-0.39, 0.29) is 54.4 Å². The predicted octanol–water partition coefficient (Wildman–Crippen LogP) is 1.40. The van der Waals surface area contributed by atoms with Gasteiger partial charge in [0.15, 0.2) is 24.7 Å². The first-order valence-electron chi connectivity index (χ1n) is 19.4. The third kappa shape index (κ3) is 7.25. The van der Waals surface area contributed by atoms with Crippen molar-refractivity contribution in [3.8, 4) is 17.2 Å². The SMILES string of the molecule is CC[C@@]1(O)C[C@H](O)c2c(O)c3c(c(O)c2[C@H]1O[C@H]1C[C@H](N(C)C)[C@H](O[C@H]2C[C@H](O)[C@H](O[C@H]4C[C@H](O)[C@H](O)[C@H](C)O4)[C@H](C)O2)[C@H](C)O1)C(=O)c1cccc(O)c1C3=O. The van der Waals surface area contributed by atoms with Gasteiger partial charge in [-0.2, -0.15) is 0 Å². The number of hydrogen-bond acceptors (Lipinski definition) is 17. The maximum Gasteiger partial charge on any atom is 0.202 e. The van der Waals surface area contributed by atoms with Crippen molar-refractivity contribution in [1.29, 1.82) is 0 Å². The molecule has 57 heavy (non-hydrogen) atoms. The van der Waals surface area contributed by atoms with Gasteiger partial charge in [-0.1, -0.05) is 19.1 Å². The monoisotopic (exact) mass is 803 g/mol. The zero-order valence-corrected chi connectivity index (χ0v) is 32.6. The number of ketones is 2. The van der Waals surface area contributed by atoms with Crippen molar-refractivity contribution in [3.05, 3.63) is 51.6 Å². The molecule has 7 rings (SSSR count). The maximum absolute atomic E-state index is 13.8. The Labute approximate surface area is 329 Å². The van der Waals surface area contributed by atoms with Crippen molar-refractivity contribution >= 4 is 11.6 Å². The third-order valence-electron chi connectivity index (χ3n) is 12.3. The number of nitrogens with zero attached hydrogens (tertiary/aromatic N) is 1. The van der Waals surface area contributed by atoms with Crippen LogP contribution in [0.1, 0.15) is 115 Å². The summed E-state index contributed by atoms with van der Waals surface area (Å²) in [7, 11) is 3.66. The lowest BCUT2D eigenvalue weighted by molar-refractivity contribution is -0.334. The highest BCUT2D eigenvalue weighted by molar-refractivity contribution is 6.31. The third-order valence-corrected chi connectivity index (χ3v) is 12.3. The zero-order valence-electron chi connectivity index (χ0n) is 32.6. The Morgan fingerprint density at radius 2 is 1.30 bits per heavy atom. The smallest absolute Gasteiger partial charge is 0.202 e. The molecule has 0 spiro atoms. The number of aliphatic hydroxyl groups is 5. The fourth-order valence-corrected chi connectivity index (χ4v) is 9.10. The van der Waals surface area contributed by atoms with Crippen LogP contribution in [0, 0.1) is 0 Å². The van der Waals surface area contributed by atoms with Crippen LogP contribution in [0.25, 0.3) is 0 Å². The van der Waals surface area contributed by atoms with Gasteiger partial charge < -0.3 is 74.2 Å². The topological polar surface area (TPSA) is 255 Å². The van der Waals surface area contributed by atoms with Crippen molar-refractivity contribution in [3.63, 3.8) is 0 Å². The molecule has 2 aromatic carbocycles. The van der Waals surface area contributed by atoms with Gasteiger partial charge in [0.25, 0.3) is 0 Å². The number of hydrogen-bond donors (Lipinski definition) is 8. The van der Waals surface area contributed by atoms with Crippen LogP contribution in [-0.4, -0.2) is 151 Å². The zero-order chi connectivity index (χ0) is 41.4. The van der Waals surface area contributed by atoms with Crippen LogP contribution in [0.2, 0.25) is 0 Å². The van der Waals surface area contributed by atoms with Crippen molar-refractivity contribution in [1.82, 2.24) is 4.90 Å². The maximum atomic E-state index is 13.8. The fraction of sp³-hybridized carbons (Fsp3) is 0.650. The Balaban J connectivity index is 1.11. The molecule has 5 aliphatic rings. The predicted molar refractivity (Wildman–Crippen MR) is 195 cm³/mol. The first-order valence-corrected chi connectivity index (χ1v) is 19.4. The van der Waals surface area contributed by atoms with Gasteiger partial charge >= 0.3 is 0 Å². The highest BCUT2D eigenvalue weighted by Crippen LogP contribution is 2.56. The van der Waals surface area contributed by atoms with Gasteiger partial charge in [0, 0.05) is 48.4 Å². The Morgan fingerprint density at radius 1 is 0.737 bits per heavy atom. The molecule has 15 atom stereocenters. The van der Waals surface area contributed by atoms with Crippen molar-refractivity contribution < 1.29 is 78.9 Å². The van der Waals surface area contributed by atoms with Gasteiger partial charge in [0.2, 0.25) is 5.78 Å². The molecular formula is C40H53NO16. The van der Waals surface area contributed by atoms with E-state index < -0.39 is 131 Å². The molecule has 2 aliphatic carbocycles. The molecule has 3 fully saturated rings. The minimum atomic E-state index is -1.84. The summed E-state index contributed by atoms with van der Waals surface area (Å²) in [6.07, 6.45) is -12.5. The average Bonchev–Trinajstić information content (AvgIpc) is 3.14. The van der Waals surface area contributed by atoms with Crippen LogP contribution in [-0.2, 0) is 28.4 Å². The number of aromatic hydroxyl groups is 3. The molecule has 0 radical (unpaired) electrons. The second-order valence-electron chi connectivity index (χ2n) is 16.2. The summed E-state index contributed by atoms with van der Waals surface area (Å²) in [4.78, 5) is 29.4. The Hall–Kier alpha value is -3.30. The summed E-state index contributed by atoms with van der Waals surface area (Å²) in [6.45, 7) is 6.75. The molecule has 0 unspecified atom stereocenters. The van der Waals surface area contributed by atoms with E-state index in [1.54, 1.807) is 27.7 Å². The number of phenols is 3. The lowest BCUT2D eigenvalue weighted by Crippen LogP contribution is -2.58. The number of carbonyl (C=O) groups is 2. The van der Waals surface area contributed by atoms with E-state index in [0.717, 1.165) is 0 Å². The highest BCUT2D eigenvalue weighted by atomic mass is 16.7. The Morgan fingerprint density at radius 3 is 1.91 bits per heavy atom. The average molecular weight is 804 g/mol. The van der Waals surface area contributed by atoms with Crippen LogP contribution in [0.15, 0.2) is 18.2 Å². The number of rotatable bonds is 8. The quantitative estimate of drug-likeness (QED) is 0.150. The Bertz CT molecular complexity index is 1850. The molecule has 0 bridgehead atoms. The van der Waals surface area contributed by atoms with Gasteiger partial charge in [-0.3, -0.25) is 9.59 Å². The van der Waals surface area contributed by atoms with E-state index in [1.807, 2.05) is 19.0 Å². The van der Waals surface area contributed by atoms with Gasteiger partial charge in [-0.05, 0) is 47.4 Å². The summed E-state index contributed by atoms with van der Waals surface area (Å²) >= 11 is 0. The molecule has 3 heterocycles. The fourth-order valence-electron chi connectivity index (χ4n) is 9.10. The number of fused-ring (bicyclic) bond motifs is 3. The molecule has 3 saturated heterocycles. The lowest BCUT2D eigenvalue weighted by Gasteiger charge is -2.49. The van der Waals surface area contributed by atoms with E-state index in [9.17, 15) is 50.4 Å². The largest absolute Gasteiger partial charge is 0.507 e. The molecule has 0 amide bonds.